The monoisotopic (exact) mass is 405 g/mol. The molecule has 0 aliphatic heterocycles. The average molecular weight is 406 g/mol. The number of amides is 2. The lowest BCUT2D eigenvalue weighted by atomic mass is 10.1. The number of nitrogens with one attached hydrogen (secondary N) is 3. The van der Waals surface area contributed by atoms with Crippen molar-refractivity contribution >= 4 is 40.5 Å². The Hall–Kier alpha value is -1.95. The van der Waals surface area contributed by atoms with Gasteiger partial charge in [-0.3, -0.25) is 9.59 Å². The van der Waals surface area contributed by atoms with Gasteiger partial charge in [-0.1, -0.05) is 65.2 Å². The number of thiocarbonyl (C=S) groups is 1. The molecule has 156 valence electrons. The molecular formula is C22H35N3O2S. The van der Waals surface area contributed by atoms with E-state index >= 15 is 0 Å². The molecule has 0 heterocycles. The molecule has 0 saturated heterocycles. The van der Waals surface area contributed by atoms with Crippen molar-refractivity contribution in [2.75, 3.05) is 10.6 Å². The smallest absolute Gasteiger partial charge is 0.226 e. The van der Waals surface area contributed by atoms with Gasteiger partial charge in [0.25, 0.3) is 0 Å². The van der Waals surface area contributed by atoms with Gasteiger partial charge in [-0.2, -0.15) is 0 Å². The van der Waals surface area contributed by atoms with Crippen molar-refractivity contribution in [2.24, 2.45) is 0 Å². The van der Waals surface area contributed by atoms with Crippen molar-refractivity contribution in [2.45, 2.75) is 84.5 Å². The van der Waals surface area contributed by atoms with E-state index in [9.17, 15) is 9.59 Å². The maximum Gasteiger partial charge on any atom is 0.226 e. The second-order valence-corrected chi connectivity index (χ2v) is 7.47. The second kappa shape index (κ2) is 15.0. The molecule has 2 amide bonds. The standard InChI is InChI=1S/C22H35N3O2S/c1-3-5-6-7-8-9-10-11-12-13-21(27)25-22(28)24-19-16-14-18(15-17-19)23-20(26)4-2/h14-17H,3-13H2,1-2H3,(H,23,26)(H2,24,25,27,28). The molecule has 0 bridgehead atoms. The zero-order valence-electron chi connectivity index (χ0n) is 17.3. The van der Waals surface area contributed by atoms with Crippen molar-refractivity contribution in [3.05, 3.63) is 24.3 Å². The van der Waals surface area contributed by atoms with E-state index in [-0.39, 0.29) is 11.8 Å². The summed E-state index contributed by atoms with van der Waals surface area (Å²) < 4.78 is 0. The molecule has 0 atom stereocenters. The number of carbonyl (C=O) groups excluding carboxylic acids is 2. The molecule has 0 aromatic heterocycles. The third-order valence-corrected chi connectivity index (χ3v) is 4.71. The summed E-state index contributed by atoms with van der Waals surface area (Å²) in [4.78, 5) is 23.3. The quantitative estimate of drug-likeness (QED) is 0.288. The lowest BCUT2D eigenvalue weighted by Gasteiger charge is -2.10. The fourth-order valence-electron chi connectivity index (χ4n) is 2.83. The van der Waals surface area contributed by atoms with E-state index in [0.717, 1.165) is 24.2 Å². The maximum atomic E-state index is 12.0. The predicted octanol–water partition coefficient (Wildman–Crippen LogP) is 5.77. The maximum absolute atomic E-state index is 12.0. The zero-order valence-corrected chi connectivity index (χ0v) is 18.1. The number of unbranched alkanes of at least 4 members (excludes halogenated alkanes) is 8. The summed E-state index contributed by atoms with van der Waals surface area (Å²) in [5, 5.41) is 8.79. The number of anilines is 2. The van der Waals surface area contributed by atoms with Gasteiger partial charge in [-0.05, 0) is 42.9 Å². The minimum Gasteiger partial charge on any atom is -0.332 e. The van der Waals surface area contributed by atoms with E-state index in [0.29, 0.717) is 18.0 Å². The molecule has 0 aliphatic rings. The lowest BCUT2D eigenvalue weighted by molar-refractivity contribution is -0.119. The molecule has 28 heavy (non-hydrogen) atoms. The van der Waals surface area contributed by atoms with Gasteiger partial charge in [-0.25, -0.2) is 0 Å². The first kappa shape index (κ1) is 24.1. The van der Waals surface area contributed by atoms with Crippen molar-refractivity contribution in [3.63, 3.8) is 0 Å². The summed E-state index contributed by atoms with van der Waals surface area (Å²) in [7, 11) is 0. The number of hydrogen-bond acceptors (Lipinski definition) is 3. The number of carbonyl (C=O) groups is 2. The van der Waals surface area contributed by atoms with Gasteiger partial charge >= 0.3 is 0 Å². The van der Waals surface area contributed by atoms with Gasteiger partial charge in [0.05, 0.1) is 0 Å². The lowest BCUT2D eigenvalue weighted by Crippen LogP contribution is -2.33. The number of rotatable bonds is 13. The van der Waals surface area contributed by atoms with Crippen LogP contribution in [0.3, 0.4) is 0 Å². The van der Waals surface area contributed by atoms with Crippen LogP contribution in [0.4, 0.5) is 11.4 Å². The minimum atomic E-state index is -0.0488. The predicted molar refractivity (Wildman–Crippen MR) is 122 cm³/mol. The summed E-state index contributed by atoms with van der Waals surface area (Å²) in [5.74, 6) is -0.0766. The van der Waals surface area contributed by atoms with Crippen LogP contribution in [0.15, 0.2) is 24.3 Å². The Morgan fingerprint density at radius 1 is 0.750 bits per heavy atom. The Morgan fingerprint density at radius 2 is 1.25 bits per heavy atom. The second-order valence-electron chi connectivity index (χ2n) is 7.06. The molecule has 0 radical (unpaired) electrons. The molecule has 0 spiro atoms. The van der Waals surface area contributed by atoms with Gasteiger partial charge in [0.15, 0.2) is 5.11 Å². The van der Waals surface area contributed by atoms with Crippen LogP contribution in [-0.4, -0.2) is 16.9 Å². The molecule has 1 aromatic rings. The Bertz CT molecular complexity index is 602. The van der Waals surface area contributed by atoms with Gasteiger partial charge in [-0.15, -0.1) is 0 Å². The van der Waals surface area contributed by atoms with Crippen molar-refractivity contribution < 1.29 is 9.59 Å². The highest BCUT2D eigenvalue weighted by Gasteiger charge is 2.05. The zero-order chi connectivity index (χ0) is 20.6. The molecular weight excluding hydrogens is 370 g/mol. The topological polar surface area (TPSA) is 70.2 Å². The molecule has 0 saturated carbocycles. The van der Waals surface area contributed by atoms with Crippen LogP contribution in [0.25, 0.3) is 0 Å². The van der Waals surface area contributed by atoms with Crippen LogP contribution in [0.2, 0.25) is 0 Å². The first-order chi connectivity index (χ1) is 13.5. The molecule has 0 fully saturated rings. The van der Waals surface area contributed by atoms with Crippen molar-refractivity contribution in [1.29, 1.82) is 0 Å². The molecule has 6 heteroatoms. The van der Waals surface area contributed by atoms with Gasteiger partial charge in [0.1, 0.15) is 0 Å². The fraction of sp³-hybridized carbons (Fsp3) is 0.591. The summed E-state index contributed by atoms with van der Waals surface area (Å²) in [6.45, 7) is 4.04. The van der Waals surface area contributed by atoms with Crippen LogP contribution in [-0.2, 0) is 9.59 Å². The van der Waals surface area contributed by atoms with E-state index in [2.05, 4.69) is 22.9 Å². The molecule has 1 rings (SSSR count). The highest BCUT2D eigenvalue weighted by molar-refractivity contribution is 7.80. The first-order valence-corrected chi connectivity index (χ1v) is 11.0. The van der Waals surface area contributed by atoms with Crippen molar-refractivity contribution in [3.8, 4) is 0 Å². The molecule has 0 unspecified atom stereocenters. The largest absolute Gasteiger partial charge is 0.332 e. The first-order valence-electron chi connectivity index (χ1n) is 10.6. The van der Waals surface area contributed by atoms with Crippen LogP contribution in [0, 0.1) is 0 Å². The van der Waals surface area contributed by atoms with Gasteiger partial charge < -0.3 is 16.0 Å². The van der Waals surface area contributed by atoms with E-state index in [1.807, 2.05) is 12.1 Å². The normalized spacial score (nSPS) is 10.4. The van der Waals surface area contributed by atoms with E-state index in [1.54, 1.807) is 19.1 Å². The number of hydrogen-bond donors (Lipinski definition) is 3. The van der Waals surface area contributed by atoms with Crippen molar-refractivity contribution in [1.82, 2.24) is 5.32 Å². The number of benzene rings is 1. The summed E-state index contributed by atoms with van der Waals surface area (Å²) in [6, 6.07) is 7.21. The molecule has 1 aromatic carbocycles. The SMILES string of the molecule is CCCCCCCCCCCC(=O)NC(=S)Nc1ccc(NC(=O)CC)cc1. The van der Waals surface area contributed by atoms with Crippen LogP contribution >= 0.6 is 12.2 Å². The molecule has 5 nitrogen and oxygen atoms in total. The highest BCUT2D eigenvalue weighted by atomic mass is 32.1. The average Bonchev–Trinajstić information content (AvgIpc) is 2.68. The Morgan fingerprint density at radius 3 is 1.79 bits per heavy atom. The Kier molecular flexibility index (Phi) is 12.9. The van der Waals surface area contributed by atoms with Gasteiger partial charge in [0.2, 0.25) is 11.8 Å². The molecule has 0 aliphatic carbocycles. The highest BCUT2D eigenvalue weighted by Crippen LogP contribution is 2.14. The van der Waals surface area contributed by atoms with E-state index < -0.39 is 0 Å². The summed E-state index contributed by atoms with van der Waals surface area (Å²) in [6.07, 6.45) is 12.0. The minimum absolute atomic E-state index is 0.0278. The summed E-state index contributed by atoms with van der Waals surface area (Å²) in [5.41, 5.74) is 1.50. The molecule has 3 N–H and O–H groups in total. The van der Waals surface area contributed by atoms with Crippen LogP contribution in [0.5, 0.6) is 0 Å². The summed E-state index contributed by atoms with van der Waals surface area (Å²) >= 11 is 5.19. The fourth-order valence-corrected chi connectivity index (χ4v) is 3.07. The van der Waals surface area contributed by atoms with E-state index in [1.165, 1.54) is 44.9 Å². The van der Waals surface area contributed by atoms with Crippen LogP contribution < -0.4 is 16.0 Å². The van der Waals surface area contributed by atoms with Gasteiger partial charge in [0, 0.05) is 24.2 Å². The van der Waals surface area contributed by atoms with Crippen LogP contribution in [0.1, 0.15) is 84.5 Å². The van der Waals surface area contributed by atoms with E-state index in [4.69, 9.17) is 12.2 Å². The Labute approximate surface area is 175 Å². The Balaban J connectivity index is 2.14. The third kappa shape index (κ3) is 11.7. The third-order valence-electron chi connectivity index (χ3n) is 4.51.